The first-order valence-electron chi connectivity index (χ1n) is 7.07. The molecular weight excluding hydrogens is 230 g/mol. The Kier molecular flexibility index (Phi) is 5.93. The highest BCUT2D eigenvalue weighted by molar-refractivity contribution is 5.67. The summed E-state index contributed by atoms with van der Waals surface area (Å²) in [7, 11) is 0. The Balaban J connectivity index is 2.57. The van der Waals surface area contributed by atoms with Crippen molar-refractivity contribution in [3.63, 3.8) is 0 Å². The molecule has 4 nitrogen and oxygen atoms in total. The van der Waals surface area contributed by atoms with E-state index in [1.807, 2.05) is 11.8 Å². The van der Waals surface area contributed by atoms with E-state index in [2.05, 4.69) is 20.8 Å². The fourth-order valence-corrected chi connectivity index (χ4v) is 2.33. The van der Waals surface area contributed by atoms with Crippen molar-refractivity contribution in [2.75, 3.05) is 26.3 Å². The van der Waals surface area contributed by atoms with Crippen LogP contribution in [0, 0.1) is 5.92 Å². The highest BCUT2D eigenvalue weighted by Crippen LogP contribution is 2.32. The van der Waals surface area contributed by atoms with E-state index >= 15 is 0 Å². The van der Waals surface area contributed by atoms with E-state index in [1.165, 1.54) is 0 Å². The van der Waals surface area contributed by atoms with Crippen molar-refractivity contribution in [1.82, 2.24) is 4.90 Å². The lowest BCUT2D eigenvalue weighted by Gasteiger charge is -2.31. The maximum Gasteiger partial charge on any atom is 0.409 e. The Morgan fingerprint density at radius 2 is 2.17 bits per heavy atom. The summed E-state index contributed by atoms with van der Waals surface area (Å²) < 4.78 is 10.8. The Morgan fingerprint density at radius 1 is 1.44 bits per heavy atom. The molecule has 0 aromatic heterocycles. The zero-order valence-corrected chi connectivity index (χ0v) is 12.2. The van der Waals surface area contributed by atoms with Gasteiger partial charge in [-0.15, -0.1) is 0 Å². The van der Waals surface area contributed by atoms with Gasteiger partial charge in [0.1, 0.15) is 0 Å². The molecule has 1 fully saturated rings. The quantitative estimate of drug-likeness (QED) is 0.734. The van der Waals surface area contributed by atoms with Gasteiger partial charge in [-0.3, -0.25) is 0 Å². The molecule has 106 valence electrons. The van der Waals surface area contributed by atoms with Crippen LogP contribution in [0.5, 0.6) is 0 Å². The largest absolute Gasteiger partial charge is 0.450 e. The number of rotatable bonds is 6. The molecule has 0 saturated carbocycles. The minimum Gasteiger partial charge on any atom is -0.450 e. The first-order chi connectivity index (χ1) is 8.51. The third-order valence-corrected chi connectivity index (χ3v) is 3.67. The van der Waals surface area contributed by atoms with Crippen molar-refractivity contribution in [3.8, 4) is 0 Å². The van der Waals surface area contributed by atoms with E-state index in [0.29, 0.717) is 12.5 Å². The first-order valence-corrected chi connectivity index (χ1v) is 7.07. The molecule has 1 unspecified atom stereocenters. The highest BCUT2D eigenvalue weighted by Gasteiger charge is 2.37. The molecule has 1 saturated heterocycles. The molecular formula is C14H27NO3. The SMILES string of the molecule is CCCCN(CC1CCOC1(C)C)C(=O)OCC. The van der Waals surface area contributed by atoms with Gasteiger partial charge in [0.25, 0.3) is 0 Å². The minimum absolute atomic E-state index is 0.128. The van der Waals surface area contributed by atoms with E-state index < -0.39 is 0 Å². The molecule has 0 aromatic carbocycles. The molecule has 0 spiro atoms. The topological polar surface area (TPSA) is 38.8 Å². The monoisotopic (exact) mass is 257 g/mol. The van der Waals surface area contributed by atoms with Gasteiger partial charge in [-0.05, 0) is 33.6 Å². The molecule has 1 aliphatic rings. The standard InChI is InChI=1S/C14H27NO3/c1-5-7-9-15(13(16)17-6-2)11-12-8-10-18-14(12,3)4/h12H,5-11H2,1-4H3. The predicted molar refractivity (Wildman–Crippen MR) is 71.6 cm³/mol. The molecule has 1 aliphatic heterocycles. The molecule has 1 rings (SSSR count). The van der Waals surface area contributed by atoms with E-state index in [9.17, 15) is 4.79 Å². The van der Waals surface area contributed by atoms with Gasteiger partial charge in [0, 0.05) is 25.6 Å². The van der Waals surface area contributed by atoms with Gasteiger partial charge < -0.3 is 14.4 Å². The number of amides is 1. The maximum absolute atomic E-state index is 11.9. The van der Waals surface area contributed by atoms with Crippen molar-refractivity contribution in [2.24, 2.45) is 5.92 Å². The van der Waals surface area contributed by atoms with Crippen LogP contribution in [-0.2, 0) is 9.47 Å². The number of nitrogens with zero attached hydrogens (tertiary/aromatic N) is 1. The second-order valence-electron chi connectivity index (χ2n) is 5.44. The molecule has 0 bridgehead atoms. The summed E-state index contributed by atoms with van der Waals surface area (Å²) in [6.07, 6.45) is 2.94. The zero-order chi connectivity index (χ0) is 13.6. The summed E-state index contributed by atoms with van der Waals surface area (Å²) in [5.41, 5.74) is -0.128. The van der Waals surface area contributed by atoms with Crippen molar-refractivity contribution < 1.29 is 14.3 Å². The Labute approximate surface area is 111 Å². The molecule has 1 amide bonds. The van der Waals surface area contributed by atoms with Crippen molar-refractivity contribution in [3.05, 3.63) is 0 Å². The van der Waals surface area contributed by atoms with Crippen LogP contribution in [0.1, 0.15) is 47.0 Å². The number of ether oxygens (including phenoxy) is 2. The van der Waals surface area contributed by atoms with Gasteiger partial charge in [0.2, 0.25) is 0 Å². The molecule has 1 heterocycles. The van der Waals surface area contributed by atoms with Crippen LogP contribution in [0.3, 0.4) is 0 Å². The lowest BCUT2D eigenvalue weighted by atomic mass is 9.90. The summed E-state index contributed by atoms with van der Waals surface area (Å²) in [5.74, 6) is 0.402. The highest BCUT2D eigenvalue weighted by atomic mass is 16.6. The molecule has 18 heavy (non-hydrogen) atoms. The predicted octanol–water partition coefficient (Wildman–Crippen LogP) is 3.06. The fraction of sp³-hybridized carbons (Fsp3) is 0.929. The van der Waals surface area contributed by atoms with Crippen molar-refractivity contribution in [1.29, 1.82) is 0 Å². The number of unbranched alkanes of at least 4 members (excludes halogenated alkanes) is 1. The molecule has 0 aliphatic carbocycles. The van der Waals surface area contributed by atoms with E-state index in [0.717, 1.165) is 39.0 Å². The van der Waals surface area contributed by atoms with Gasteiger partial charge in [-0.25, -0.2) is 4.79 Å². The zero-order valence-electron chi connectivity index (χ0n) is 12.2. The lowest BCUT2D eigenvalue weighted by molar-refractivity contribution is 0.00198. The number of hydrogen-bond acceptors (Lipinski definition) is 3. The van der Waals surface area contributed by atoms with Gasteiger partial charge >= 0.3 is 6.09 Å². The van der Waals surface area contributed by atoms with Gasteiger partial charge in [0.05, 0.1) is 12.2 Å². The van der Waals surface area contributed by atoms with Crippen LogP contribution in [0.15, 0.2) is 0 Å². The second-order valence-corrected chi connectivity index (χ2v) is 5.44. The van der Waals surface area contributed by atoms with Crippen LogP contribution < -0.4 is 0 Å². The summed E-state index contributed by atoms with van der Waals surface area (Å²) in [6, 6.07) is 0. The third kappa shape index (κ3) is 4.16. The molecule has 0 N–H and O–H groups in total. The second kappa shape index (κ2) is 6.98. The van der Waals surface area contributed by atoms with Gasteiger partial charge in [0.15, 0.2) is 0 Å². The van der Waals surface area contributed by atoms with Crippen LogP contribution in [-0.4, -0.2) is 42.9 Å². The summed E-state index contributed by atoms with van der Waals surface area (Å²) in [6.45, 7) is 10.9. The molecule has 4 heteroatoms. The fourth-order valence-electron chi connectivity index (χ4n) is 2.33. The Morgan fingerprint density at radius 3 is 2.67 bits per heavy atom. The van der Waals surface area contributed by atoms with Crippen LogP contribution in [0.25, 0.3) is 0 Å². The summed E-state index contributed by atoms with van der Waals surface area (Å²) >= 11 is 0. The summed E-state index contributed by atoms with van der Waals surface area (Å²) in [4.78, 5) is 13.8. The van der Waals surface area contributed by atoms with Crippen LogP contribution in [0.2, 0.25) is 0 Å². The molecule has 0 radical (unpaired) electrons. The average Bonchev–Trinajstić information content (AvgIpc) is 2.64. The average molecular weight is 257 g/mol. The third-order valence-electron chi connectivity index (χ3n) is 3.67. The normalized spacial score (nSPS) is 21.9. The van der Waals surface area contributed by atoms with Crippen LogP contribution >= 0.6 is 0 Å². The van der Waals surface area contributed by atoms with E-state index in [1.54, 1.807) is 0 Å². The summed E-state index contributed by atoms with van der Waals surface area (Å²) in [5, 5.41) is 0. The van der Waals surface area contributed by atoms with E-state index in [-0.39, 0.29) is 11.7 Å². The van der Waals surface area contributed by atoms with Crippen LogP contribution in [0.4, 0.5) is 4.79 Å². The minimum atomic E-state index is -0.186. The number of carbonyl (C=O) groups is 1. The number of carbonyl (C=O) groups excluding carboxylic acids is 1. The first kappa shape index (κ1) is 15.3. The lowest BCUT2D eigenvalue weighted by Crippen LogP contribution is -2.41. The van der Waals surface area contributed by atoms with Crippen molar-refractivity contribution in [2.45, 2.75) is 52.6 Å². The van der Waals surface area contributed by atoms with Crippen molar-refractivity contribution >= 4 is 6.09 Å². The Hall–Kier alpha value is -0.770. The smallest absolute Gasteiger partial charge is 0.409 e. The Bertz CT molecular complexity index is 266. The molecule has 0 aromatic rings. The molecule has 1 atom stereocenters. The van der Waals surface area contributed by atoms with E-state index in [4.69, 9.17) is 9.47 Å². The van der Waals surface area contributed by atoms with Gasteiger partial charge in [-0.1, -0.05) is 13.3 Å². The van der Waals surface area contributed by atoms with Gasteiger partial charge in [-0.2, -0.15) is 0 Å². The maximum atomic E-state index is 11.9. The number of hydrogen-bond donors (Lipinski definition) is 0.